The number of benzene rings is 1. The summed E-state index contributed by atoms with van der Waals surface area (Å²) < 4.78 is 6.09. The summed E-state index contributed by atoms with van der Waals surface area (Å²) in [7, 11) is 1.66. The number of aromatic nitrogens is 1. The molecule has 0 spiro atoms. The number of nitrogens with zero attached hydrogens (tertiary/aromatic N) is 2. The molecule has 7 heteroatoms. The van der Waals surface area contributed by atoms with E-state index in [9.17, 15) is 0 Å². The van der Waals surface area contributed by atoms with E-state index in [1.54, 1.807) is 30.2 Å². The van der Waals surface area contributed by atoms with Gasteiger partial charge in [-0.3, -0.25) is 0 Å². The number of thiazole rings is 1. The van der Waals surface area contributed by atoms with Gasteiger partial charge in [-0.1, -0.05) is 24.0 Å². The summed E-state index contributed by atoms with van der Waals surface area (Å²) in [4.78, 5) is 6.79. The zero-order chi connectivity index (χ0) is 16.7. The van der Waals surface area contributed by atoms with E-state index >= 15 is 0 Å². The van der Waals surface area contributed by atoms with Crippen molar-refractivity contribution in [1.29, 1.82) is 0 Å². The average molecular weight is 368 g/mol. The molecule has 23 heavy (non-hydrogen) atoms. The second kappa shape index (κ2) is 9.10. The Morgan fingerprint density at radius 2 is 2.00 bits per heavy atom. The molecule has 0 radical (unpaired) electrons. The van der Waals surface area contributed by atoms with Crippen LogP contribution in [-0.2, 0) is 5.75 Å². The second-order valence-corrected chi connectivity index (χ2v) is 7.19. The predicted molar refractivity (Wildman–Crippen MR) is 105 cm³/mol. The van der Waals surface area contributed by atoms with Crippen LogP contribution in [0.25, 0.3) is 0 Å². The predicted octanol–water partition coefficient (Wildman–Crippen LogP) is 4.76. The Kier molecular flexibility index (Phi) is 7.14. The third-order valence-corrected chi connectivity index (χ3v) is 5.62. The van der Waals surface area contributed by atoms with Gasteiger partial charge < -0.3 is 15.0 Å². The molecule has 1 heterocycles. The summed E-state index contributed by atoms with van der Waals surface area (Å²) in [5.74, 6) is 1.65. The van der Waals surface area contributed by atoms with Crippen LogP contribution in [0.3, 0.4) is 0 Å². The van der Waals surface area contributed by atoms with Gasteiger partial charge in [0.05, 0.1) is 12.8 Å². The molecule has 1 N–H and O–H groups in total. The van der Waals surface area contributed by atoms with Gasteiger partial charge in [0, 0.05) is 29.9 Å². The van der Waals surface area contributed by atoms with E-state index in [0.29, 0.717) is 0 Å². The van der Waals surface area contributed by atoms with Gasteiger partial charge in [-0.15, -0.1) is 11.3 Å². The maximum absolute atomic E-state index is 5.45. The molecule has 4 nitrogen and oxygen atoms in total. The topological polar surface area (TPSA) is 37.4 Å². The minimum atomic E-state index is 0.802. The third kappa shape index (κ3) is 5.37. The van der Waals surface area contributed by atoms with E-state index in [4.69, 9.17) is 17.0 Å². The van der Waals surface area contributed by atoms with Crippen LogP contribution in [-0.4, -0.2) is 34.4 Å². The quantitative estimate of drug-likeness (QED) is 0.712. The SMILES string of the molecule is CCN(CC)C(=S)SCc1csc(Nc2ccc(OC)cc2)n1. The number of nitrogens with one attached hydrogen (secondary N) is 1. The number of thiocarbonyl (C=S) groups is 1. The molecule has 0 amide bonds. The molecule has 0 unspecified atom stereocenters. The van der Waals surface area contributed by atoms with Gasteiger partial charge in [-0.2, -0.15) is 0 Å². The Hall–Kier alpha value is -1.31. The van der Waals surface area contributed by atoms with Crippen molar-refractivity contribution < 1.29 is 4.74 Å². The zero-order valence-corrected chi connectivity index (χ0v) is 16.0. The lowest BCUT2D eigenvalue weighted by atomic mass is 10.3. The summed E-state index contributed by atoms with van der Waals surface area (Å²) in [5, 5.41) is 6.27. The number of rotatable bonds is 7. The zero-order valence-electron chi connectivity index (χ0n) is 13.5. The normalized spacial score (nSPS) is 10.4. The minimum absolute atomic E-state index is 0.802. The highest BCUT2D eigenvalue weighted by Gasteiger charge is 2.08. The first-order valence-corrected chi connectivity index (χ1v) is 9.70. The highest BCUT2D eigenvalue weighted by molar-refractivity contribution is 8.22. The van der Waals surface area contributed by atoms with Crippen LogP contribution in [0, 0.1) is 0 Å². The molecule has 0 aliphatic rings. The smallest absolute Gasteiger partial charge is 0.187 e. The molecule has 1 aromatic carbocycles. The summed E-state index contributed by atoms with van der Waals surface area (Å²) in [6.07, 6.45) is 0. The van der Waals surface area contributed by atoms with Crippen molar-refractivity contribution >= 4 is 50.5 Å². The lowest BCUT2D eigenvalue weighted by Gasteiger charge is -2.20. The Morgan fingerprint density at radius 1 is 1.30 bits per heavy atom. The van der Waals surface area contributed by atoms with Crippen LogP contribution in [0.2, 0.25) is 0 Å². The number of thioether (sulfide) groups is 1. The number of ether oxygens (including phenoxy) is 1. The molecular formula is C16H21N3OS3. The standard InChI is InChI=1S/C16H21N3OS3/c1-4-19(5-2)16(21)23-11-13-10-22-15(18-13)17-12-6-8-14(20-3)9-7-12/h6-10H,4-5,11H2,1-3H3,(H,17,18). The Bertz CT molecular complexity index is 624. The van der Waals surface area contributed by atoms with E-state index in [-0.39, 0.29) is 0 Å². The number of hydrogen-bond donors (Lipinski definition) is 1. The van der Waals surface area contributed by atoms with Crippen molar-refractivity contribution in [1.82, 2.24) is 9.88 Å². The Labute approximate surface area is 151 Å². The summed E-state index contributed by atoms with van der Waals surface area (Å²) in [5.41, 5.74) is 2.04. The number of methoxy groups -OCH3 is 1. The average Bonchev–Trinajstić information content (AvgIpc) is 3.02. The van der Waals surface area contributed by atoms with Crippen molar-refractivity contribution in [2.24, 2.45) is 0 Å². The monoisotopic (exact) mass is 367 g/mol. The van der Waals surface area contributed by atoms with E-state index in [1.165, 1.54) is 0 Å². The first-order chi connectivity index (χ1) is 11.2. The van der Waals surface area contributed by atoms with Crippen molar-refractivity contribution in [3.05, 3.63) is 35.3 Å². The molecule has 1 aromatic heterocycles. The molecule has 2 aromatic rings. The fourth-order valence-electron chi connectivity index (χ4n) is 1.94. The van der Waals surface area contributed by atoms with Crippen LogP contribution in [0.4, 0.5) is 10.8 Å². The molecular weight excluding hydrogens is 346 g/mol. The van der Waals surface area contributed by atoms with Crippen LogP contribution < -0.4 is 10.1 Å². The Balaban J connectivity index is 1.88. The Morgan fingerprint density at radius 3 is 2.61 bits per heavy atom. The molecule has 0 aliphatic heterocycles. The van der Waals surface area contributed by atoms with Gasteiger partial charge in [-0.05, 0) is 38.1 Å². The van der Waals surface area contributed by atoms with Gasteiger partial charge >= 0.3 is 0 Å². The van der Waals surface area contributed by atoms with Crippen LogP contribution >= 0.6 is 35.3 Å². The van der Waals surface area contributed by atoms with Crippen molar-refractivity contribution in [2.75, 3.05) is 25.5 Å². The molecule has 2 rings (SSSR count). The van der Waals surface area contributed by atoms with E-state index in [0.717, 1.165) is 45.4 Å². The van der Waals surface area contributed by atoms with E-state index in [1.807, 2.05) is 24.3 Å². The van der Waals surface area contributed by atoms with E-state index in [2.05, 4.69) is 34.4 Å². The molecule has 0 atom stereocenters. The molecule has 0 aliphatic carbocycles. The van der Waals surface area contributed by atoms with Crippen molar-refractivity contribution in [3.63, 3.8) is 0 Å². The summed E-state index contributed by atoms with van der Waals surface area (Å²) in [6, 6.07) is 7.80. The van der Waals surface area contributed by atoms with Gasteiger partial charge in [0.25, 0.3) is 0 Å². The highest BCUT2D eigenvalue weighted by Crippen LogP contribution is 2.25. The largest absolute Gasteiger partial charge is 0.497 e. The van der Waals surface area contributed by atoms with Crippen LogP contribution in [0.5, 0.6) is 5.75 Å². The summed E-state index contributed by atoms with van der Waals surface area (Å²) in [6.45, 7) is 6.14. The third-order valence-electron chi connectivity index (χ3n) is 3.26. The first kappa shape index (κ1) is 18.0. The minimum Gasteiger partial charge on any atom is -0.497 e. The van der Waals surface area contributed by atoms with Gasteiger partial charge in [-0.25, -0.2) is 4.98 Å². The second-order valence-electron chi connectivity index (χ2n) is 4.72. The first-order valence-electron chi connectivity index (χ1n) is 7.43. The molecule has 0 saturated heterocycles. The number of hydrogen-bond acceptors (Lipinski definition) is 6. The van der Waals surface area contributed by atoms with Gasteiger partial charge in [0.2, 0.25) is 0 Å². The van der Waals surface area contributed by atoms with Gasteiger partial charge in [0.15, 0.2) is 5.13 Å². The molecule has 0 bridgehead atoms. The summed E-state index contributed by atoms with van der Waals surface area (Å²) >= 11 is 8.72. The van der Waals surface area contributed by atoms with Crippen molar-refractivity contribution in [2.45, 2.75) is 19.6 Å². The maximum atomic E-state index is 5.45. The van der Waals surface area contributed by atoms with Crippen LogP contribution in [0.1, 0.15) is 19.5 Å². The van der Waals surface area contributed by atoms with E-state index < -0.39 is 0 Å². The fraction of sp³-hybridized carbons (Fsp3) is 0.375. The number of anilines is 2. The lowest BCUT2D eigenvalue weighted by Crippen LogP contribution is -2.26. The maximum Gasteiger partial charge on any atom is 0.187 e. The molecule has 0 fully saturated rings. The van der Waals surface area contributed by atoms with Crippen LogP contribution in [0.15, 0.2) is 29.6 Å². The fourth-order valence-corrected chi connectivity index (χ4v) is 4.07. The highest BCUT2D eigenvalue weighted by atomic mass is 32.2. The van der Waals surface area contributed by atoms with Gasteiger partial charge in [0.1, 0.15) is 10.1 Å². The lowest BCUT2D eigenvalue weighted by molar-refractivity contribution is 0.415. The molecule has 0 saturated carbocycles. The van der Waals surface area contributed by atoms with Crippen molar-refractivity contribution in [3.8, 4) is 5.75 Å². The molecule has 124 valence electrons.